The Balaban J connectivity index is 2.02. The van der Waals surface area contributed by atoms with Crippen LogP contribution in [0.1, 0.15) is 56.7 Å². The Kier molecular flexibility index (Phi) is 5.67. The first-order valence-electron chi connectivity index (χ1n) is 8.34. The minimum atomic E-state index is -0.583. The molecule has 0 aliphatic heterocycles. The zero-order valence-electron chi connectivity index (χ0n) is 15.5. The average Bonchev–Trinajstić information content (AvgIpc) is 2.94. The summed E-state index contributed by atoms with van der Waals surface area (Å²) in [5.41, 5.74) is 2.97. The first-order valence-corrected chi connectivity index (χ1v) is 8.34. The molecule has 0 aliphatic rings. The lowest BCUT2D eigenvalue weighted by atomic mass is 10.1. The number of benzene rings is 1. The van der Waals surface area contributed by atoms with E-state index in [2.05, 4.69) is 44.3 Å². The lowest BCUT2D eigenvalue weighted by Crippen LogP contribution is -2.25. The van der Waals surface area contributed by atoms with Crippen molar-refractivity contribution >= 4 is 0 Å². The van der Waals surface area contributed by atoms with Gasteiger partial charge in [-0.1, -0.05) is 12.1 Å². The van der Waals surface area contributed by atoms with Crippen LogP contribution in [0, 0.1) is 6.92 Å². The third-order valence-corrected chi connectivity index (χ3v) is 4.19. The molecule has 1 aromatic carbocycles. The number of hydrogen-bond donors (Lipinski definition) is 2. The number of aromatic nitrogens is 2. The second-order valence-electron chi connectivity index (χ2n) is 7.21. The fourth-order valence-electron chi connectivity index (χ4n) is 2.61. The topological polar surface area (TPSA) is 59.3 Å². The van der Waals surface area contributed by atoms with Crippen LogP contribution < -0.4 is 10.1 Å². The molecule has 24 heavy (non-hydrogen) atoms. The third kappa shape index (κ3) is 4.36. The number of aliphatic hydroxyl groups is 1. The number of ether oxygens (including phenoxy) is 1. The van der Waals surface area contributed by atoms with Crippen molar-refractivity contribution in [2.75, 3.05) is 13.7 Å². The van der Waals surface area contributed by atoms with Crippen molar-refractivity contribution in [3.05, 3.63) is 47.3 Å². The second kappa shape index (κ2) is 7.36. The lowest BCUT2D eigenvalue weighted by molar-refractivity contribution is 0.170. The van der Waals surface area contributed by atoms with E-state index in [0.717, 1.165) is 22.6 Å². The van der Waals surface area contributed by atoms with Gasteiger partial charge in [0.2, 0.25) is 0 Å². The molecule has 2 N–H and O–H groups in total. The van der Waals surface area contributed by atoms with Gasteiger partial charge in [0.1, 0.15) is 5.75 Å². The molecule has 5 heteroatoms. The van der Waals surface area contributed by atoms with Gasteiger partial charge in [0, 0.05) is 24.3 Å². The third-order valence-electron chi connectivity index (χ3n) is 4.19. The van der Waals surface area contributed by atoms with Gasteiger partial charge in [-0.15, -0.1) is 0 Å². The van der Waals surface area contributed by atoms with Gasteiger partial charge in [-0.05, 0) is 52.3 Å². The zero-order valence-corrected chi connectivity index (χ0v) is 15.5. The number of methoxy groups -OCH3 is 1. The second-order valence-corrected chi connectivity index (χ2v) is 7.21. The molecule has 0 amide bonds. The number of aliphatic hydroxyl groups excluding tert-OH is 1. The molecular weight excluding hydrogens is 302 g/mol. The molecule has 0 saturated heterocycles. The van der Waals surface area contributed by atoms with E-state index in [0.29, 0.717) is 6.54 Å². The van der Waals surface area contributed by atoms with E-state index < -0.39 is 6.10 Å². The van der Waals surface area contributed by atoms with E-state index in [9.17, 15) is 5.11 Å². The summed E-state index contributed by atoms with van der Waals surface area (Å²) in [6, 6.07) is 7.64. The van der Waals surface area contributed by atoms with Crippen LogP contribution in [0.3, 0.4) is 0 Å². The van der Waals surface area contributed by atoms with Crippen LogP contribution in [0.4, 0.5) is 0 Å². The molecule has 0 aliphatic carbocycles. The summed E-state index contributed by atoms with van der Waals surface area (Å²) in [7, 11) is 1.63. The number of rotatable bonds is 6. The van der Waals surface area contributed by atoms with Gasteiger partial charge in [-0.3, -0.25) is 4.68 Å². The molecule has 132 valence electrons. The highest BCUT2D eigenvalue weighted by molar-refractivity contribution is 5.30. The van der Waals surface area contributed by atoms with Crippen molar-refractivity contribution in [1.29, 1.82) is 0 Å². The van der Waals surface area contributed by atoms with Crippen molar-refractivity contribution in [2.24, 2.45) is 0 Å². The summed E-state index contributed by atoms with van der Waals surface area (Å²) in [4.78, 5) is 0. The molecule has 5 nitrogen and oxygen atoms in total. The molecule has 2 rings (SSSR count). The summed E-state index contributed by atoms with van der Waals surface area (Å²) in [5.74, 6) is 0.752. The summed E-state index contributed by atoms with van der Waals surface area (Å²) in [6.45, 7) is 11.0. The largest absolute Gasteiger partial charge is 0.497 e. The maximum absolute atomic E-state index is 10.4. The molecule has 0 spiro atoms. The van der Waals surface area contributed by atoms with Gasteiger partial charge in [-0.25, -0.2) is 0 Å². The molecule has 0 saturated carbocycles. The lowest BCUT2D eigenvalue weighted by Gasteiger charge is -2.19. The summed E-state index contributed by atoms with van der Waals surface area (Å²) < 4.78 is 7.20. The molecule has 2 atom stereocenters. The molecule has 2 aromatic rings. The van der Waals surface area contributed by atoms with E-state index in [1.807, 2.05) is 35.9 Å². The first-order chi connectivity index (χ1) is 11.2. The van der Waals surface area contributed by atoms with Gasteiger partial charge in [0.15, 0.2) is 0 Å². The molecular formula is C19H29N3O2. The SMILES string of the molecule is COc1cccc(C(O)CNC(C)c2cn(C(C)(C)C)nc2C)c1. The minimum Gasteiger partial charge on any atom is -0.497 e. The monoisotopic (exact) mass is 331 g/mol. The highest BCUT2D eigenvalue weighted by Gasteiger charge is 2.19. The summed E-state index contributed by atoms with van der Waals surface area (Å²) in [6.07, 6.45) is 1.51. The average molecular weight is 331 g/mol. The number of nitrogens with zero attached hydrogens (tertiary/aromatic N) is 2. The maximum atomic E-state index is 10.4. The Morgan fingerprint density at radius 3 is 2.62 bits per heavy atom. The highest BCUT2D eigenvalue weighted by atomic mass is 16.5. The van der Waals surface area contributed by atoms with Gasteiger partial charge >= 0.3 is 0 Å². The van der Waals surface area contributed by atoms with Gasteiger partial charge in [0.25, 0.3) is 0 Å². The van der Waals surface area contributed by atoms with Crippen molar-refractivity contribution in [3.63, 3.8) is 0 Å². The summed E-state index contributed by atoms with van der Waals surface area (Å²) in [5, 5.41) is 18.4. The molecule has 1 heterocycles. The van der Waals surface area contributed by atoms with E-state index >= 15 is 0 Å². The van der Waals surface area contributed by atoms with E-state index in [1.54, 1.807) is 7.11 Å². The molecule has 0 bridgehead atoms. The fourth-order valence-corrected chi connectivity index (χ4v) is 2.61. The maximum Gasteiger partial charge on any atom is 0.119 e. The van der Waals surface area contributed by atoms with E-state index in [4.69, 9.17) is 4.74 Å². The van der Waals surface area contributed by atoms with Crippen LogP contribution in [-0.2, 0) is 5.54 Å². The van der Waals surface area contributed by atoms with Crippen molar-refractivity contribution in [3.8, 4) is 5.75 Å². The van der Waals surface area contributed by atoms with Crippen LogP contribution in [0.2, 0.25) is 0 Å². The van der Waals surface area contributed by atoms with Crippen molar-refractivity contribution in [2.45, 2.75) is 52.3 Å². The molecule has 0 radical (unpaired) electrons. The number of nitrogens with one attached hydrogen (secondary N) is 1. The standard InChI is InChI=1S/C19H29N3O2/c1-13(17-12-22(19(3,4)5)21-14(17)2)20-11-18(23)15-8-7-9-16(10-15)24-6/h7-10,12-13,18,20,23H,11H2,1-6H3. The quantitative estimate of drug-likeness (QED) is 0.852. The van der Waals surface area contributed by atoms with Crippen molar-refractivity contribution in [1.82, 2.24) is 15.1 Å². The van der Waals surface area contributed by atoms with E-state index in [1.165, 1.54) is 0 Å². The predicted molar refractivity (Wildman–Crippen MR) is 96.3 cm³/mol. The van der Waals surface area contributed by atoms with Gasteiger partial charge in [-0.2, -0.15) is 5.10 Å². The van der Waals surface area contributed by atoms with Gasteiger partial charge < -0.3 is 15.2 Å². The van der Waals surface area contributed by atoms with E-state index in [-0.39, 0.29) is 11.6 Å². The minimum absolute atomic E-state index is 0.0389. The Morgan fingerprint density at radius 1 is 1.33 bits per heavy atom. The van der Waals surface area contributed by atoms with Crippen LogP contribution in [0.25, 0.3) is 0 Å². The Bertz CT molecular complexity index is 673. The van der Waals surface area contributed by atoms with Gasteiger partial charge in [0.05, 0.1) is 24.4 Å². The zero-order chi connectivity index (χ0) is 17.9. The Morgan fingerprint density at radius 2 is 2.04 bits per heavy atom. The van der Waals surface area contributed by atoms with Crippen LogP contribution in [0.15, 0.2) is 30.5 Å². The molecule has 0 fully saturated rings. The van der Waals surface area contributed by atoms with Crippen LogP contribution in [-0.4, -0.2) is 28.5 Å². The number of hydrogen-bond acceptors (Lipinski definition) is 4. The Hall–Kier alpha value is -1.85. The predicted octanol–water partition coefficient (Wildman–Crippen LogP) is 3.34. The first kappa shape index (κ1) is 18.5. The molecule has 1 aromatic heterocycles. The Labute approximate surface area is 144 Å². The number of aryl methyl sites for hydroxylation is 1. The smallest absolute Gasteiger partial charge is 0.119 e. The normalized spacial score (nSPS) is 14.5. The van der Waals surface area contributed by atoms with Crippen molar-refractivity contribution < 1.29 is 9.84 Å². The summed E-state index contributed by atoms with van der Waals surface area (Å²) >= 11 is 0. The van der Waals surface area contributed by atoms with Crippen LogP contribution >= 0.6 is 0 Å². The van der Waals surface area contributed by atoms with Crippen LogP contribution in [0.5, 0.6) is 5.75 Å². The fraction of sp³-hybridized carbons (Fsp3) is 0.526. The highest BCUT2D eigenvalue weighted by Crippen LogP contribution is 2.23. The molecule has 2 unspecified atom stereocenters.